The van der Waals surface area contributed by atoms with Crippen LogP contribution in [0, 0.1) is 0 Å². The Morgan fingerprint density at radius 3 is 1.42 bits per heavy atom. The largest absolute Gasteiger partial charge is 0.278 e. The van der Waals surface area contributed by atoms with Gasteiger partial charge in [0.15, 0.2) is 0 Å². The van der Waals surface area contributed by atoms with Crippen molar-refractivity contribution in [2.45, 2.75) is 5.41 Å². The number of aromatic nitrogens is 3. The average molecular weight is 788 g/mol. The smallest absolute Gasteiger partial charge is 0.235 e. The molecule has 0 bridgehead atoms. The van der Waals surface area contributed by atoms with Crippen LogP contribution in [0.4, 0.5) is 0 Å². The Labute approximate surface area is 358 Å². The van der Waals surface area contributed by atoms with E-state index in [-0.39, 0.29) is 0 Å². The van der Waals surface area contributed by atoms with Gasteiger partial charge in [-0.3, -0.25) is 4.57 Å². The fourth-order valence-corrected chi connectivity index (χ4v) is 10.6. The van der Waals surface area contributed by atoms with Gasteiger partial charge in [-0.15, -0.1) is 0 Å². The van der Waals surface area contributed by atoms with Crippen molar-refractivity contribution in [3.05, 3.63) is 247 Å². The number of fused-ring (bicyclic) bond motifs is 11. The summed E-state index contributed by atoms with van der Waals surface area (Å²) in [5.41, 5.74) is 14.7. The summed E-state index contributed by atoms with van der Waals surface area (Å²) in [5, 5.41) is 8.34. The molecule has 0 fully saturated rings. The maximum atomic E-state index is 5.46. The molecule has 0 saturated carbocycles. The van der Waals surface area contributed by atoms with Crippen molar-refractivity contribution in [3.63, 3.8) is 0 Å². The Hall–Kier alpha value is -8.14. The molecule has 288 valence electrons. The Kier molecular flexibility index (Phi) is 7.52. The van der Waals surface area contributed by atoms with E-state index in [0.717, 1.165) is 38.8 Å². The second-order valence-electron chi connectivity index (χ2n) is 16.4. The lowest BCUT2D eigenvalue weighted by Crippen LogP contribution is -2.28. The summed E-state index contributed by atoms with van der Waals surface area (Å²) in [6.45, 7) is 0. The minimum absolute atomic E-state index is 0.417. The standard InChI is InChI=1S/C59H37N3/c1-2-16-43(17-3-1)59(50-23-11-8-20-47(50)48-21-9-12-24-51(48)59)44-34-30-39(31-35-44)38-26-28-42(29-27-38)57-49-22-10-13-25-52(49)60-58(61-57)62-53-36-32-40-14-4-6-18-45(40)55(53)56-46-19-7-5-15-41(46)33-37-54(56)62/h1-37H. The predicted octanol–water partition coefficient (Wildman–Crippen LogP) is 14.7. The number of hydrogen-bond donors (Lipinski definition) is 0. The molecule has 1 aliphatic carbocycles. The number of benzene rings is 10. The van der Waals surface area contributed by atoms with Crippen molar-refractivity contribution >= 4 is 54.3 Å². The molecule has 13 rings (SSSR count). The van der Waals surface area contributed by atoms with Gasteiger partial charge in [0.25, 0.3) is 0 Å². The Morgan fingerprint density at radius 2 is 0.806 bits per heavy atom. The van der Waals surface area contributed by atoms with Crippen LogP contribution in [0.3, 0.4) is 0 Å². The van der Waals surface area contributed by atoms with Gasteiger partial charge in [0, 0.05) is 21.7 Å². The highest BCUT2D eigenvalue weighted by molar-refractivity contribution is 6.28. The van der Waals surface area contributed by atoms with E-state index in [1.807, 2.05) is 0 Å². The lowest BCUT2D eigenvalue weighted by atomic mass is 9.67. The monoisotopic (exact) mass is 787 g/mol. The Morgan fingerprint density at radius 1 is 0.339 bits per heavy atom. The maximum Gasteiger partial charge on any atom is 0.235 e. The highest BCUT2D eigenvalue weighted by Crippen LogP contribution is 2.56. The molecule has 2 aromatic heterocycles. The van der Waals surface area contributed by atoms with Gasteiger partial charge in [-0.1, -0.05) is 206 Å². The fraction of sp³-hybridized carbons (Fsp3) is 0.0169. The molecular weight excluding hydrogens is 751 g/mol. The average Bonchev–Trinajstić information content (AvgIpc) is 3.86. The van der Waals surface area contributed by atoms with Crippen LogP contribution < -0.4 is 0 Å². The summed E-state index contributed by atoms with van der Waals surface area (Å²) < 4.78 is 2.26. The first-order valence-electron chi connectivity index (χ1n) is 21.3. The van der Waals surface area contributed by atoms with Gasteiger partial charge in [-0.05, 0) is 84.3 Å². The number of nitrogens with zero attached hydrogens (tertiary/aromatic N) is 3. The van der Waals surface area contributed by atoms with Crippen LogP contribution in [-0.4, -0.2) is 14.5 Å². The highest BCUT2D eigenvalue weighted by Gasteiger charge is 2.45. The summed E-state index contributed by atoms with van der Waals surface area (Å²) in [4.78, 5) is 10.7. The molecule has 10 aromatic carbocycles. The van der Waals surface area contributed by atoms with Gasteiger partial charge in [-0.25, -0.2) is 9.97 Å². The summed E-state index contributed by atoms with van der Waals surface area (Å²) >= 11 is 0. The van der Waals surface area contributed by atoms with Crippen molar-refractivity contribution in [1.82, 2.24) is 14.5 Å². The van der Waals surface area contributed by atoms with E-state index in [1.54, 1.807) is 0 Å². The molecule has 0 radical (unpaired) electrons. The van der Waals surface area contributed by atoms with Crippen LogP contribution in [0.15, 0.2) is 224 Å². The first kappa shape index (κ1) is 34.7. The van der Waals surface area contributed by atoms with Crippen LogP contribution >= 0.6 is 0 Å². The van der Waals surface area contributed by atoms with Gasteiger partial charge < -0.3 is 0 Å². The van der Waals surface area contributed by atoms with E-state index in [4.69, 9.17) is 9.97 Å². The zero-order valence-corrected chi connectivity index (χ0v) is 33.7. The van der Waals surface area contributed by atoms with Crippen molar-refractivity contribution in [3.8, 4) is 39.5 Å². The normalized spacial score (nSPS) is 13.0. The van der Waals surface area contributed by atoms with Crippen LogP contribution in [-0.2, 0) is 5.41 Å². The molecule has 2 heterocycles. The third kappa shape index (κ3) is 4.94. The molecule has 3 nitrogen and oxygen atoms in total. The molecule has 0 amide bonds. The first-order valence-corrected chi connectivity index (χ1v) is 21.3. The third-order valence-corrected chi connectivity index (χ3v) is 13.3. The second-order valence-corrected chi connectivity index (χ2v) is 16.4. The van der Waals surface area contributed by atoms with Gasteiger partial charge in [0.05, 0.1) is 27.7 Å². The molecule has 62 heavy (non-hydrogen) atoms. The molecule has 0 N–H and O–H groups in total. The summed E-state index contributed by atoms with van der Waals surface area (Å²) in [6, 6.07) is 81.5. The van der Waals surface area contributed by atoms with Crippen molar-refractivity contribution in [2.75, 3.05) is 0 Å². The third-order valence-electron chi connectivity index (χ3n) is 13.3. The molecule has 0 atom stereocenters. The highest BCUT2D eigenvalue weighted by atomic mass is 15.2. The summed E-state index contributed by atoms with van der Waals surface area (Å²) in [5.74, 6) is 0.659. The van der Waals surface area contributed by atoms with Crippen LogP contribution in [0.5, 0.6) is 0 Å². The summed E-state index contributed by atoms with van der Waals surface area (Å²) in [7, 11) is 0. The minimum atomic E-state index is -0.417. The van der Waals surface area contributed by atoms with E-state index in [2.05, 4.69) is 229 Å². The molecule has 0 aliphatic heterocycles. The fourth-order valence-electron chi connectivity index (χ4n) is 10.6. The van der Waals surface area contributed by atoms with Gasteiger partial charge in [0.1, 0.15) is 0 Å². The summed E-state index contributed by atoms with van der Waals surface area (Å²) in [6.07, 6.45) is 0. The van der Waals surface area contributed by atoms with E-state index < -0.39 is 5.41 Å². The molecule has 12 aromatic rings. The molecule has 3 heteroatoms. The van der Waals surface area contributed by atoms with Crippen LogP contribution in [0.25, 0.3) is 93.7 Å². The Balaban J connectivity index is 0.940. The zero-order valence-electron chi connectivity index (χ0n) is 33.7. The quantitative estimate of drug-likeness (QED) is 0.174. The van der Waals surface area contributed by atoms with Crippen LogP contribution in [0.2, 0.25) is 0 Å². The number of para-hydroxylation sites is 1. The van der Waals surface area contributed by atoms with Crippen molar-refractivity contribution < 1.29 is 0 Å². The van der Waals surface area contributed by atoms with E-state index in [9.17, 15) is 0 Å². The number of rotatable bonds is 5. The van der Waals surface area contributed by atoms with Gasteiger partial charge >= 0.3 is 0 Å². The second kappa shape index (κ2) is 13.4. The van der Waals surface area contributed by atoms with Gasteiger partial charge in [0.2, 0.25) is 5.95 Å². The van der Waals surface area contributed by atoms with Crippen molar-refractivity contribution in [1.29, 1.82) is 0 Å². The predicted molar refractivity (Wildman–Crippen MR) is 257 cm³/mol. The minimum Gasteiger partial charge on any atom is -0.278 e. The molecule has 0 saturated heterocycles. The van der Waals surface area contributed by atoms with E-state index >= 15 is 0 Å². The maximum absolute atomic E-state index is 5.46. The van der Waals surface area contributed by atoms with E-state index in [0.29, 0.717) is 5.95 Å². The van der Waals surface area contributed by atoms with Gasteiger partial charge in [-0.2, -0.15) is 0 Å². The van der Waals surface area contributed by atoms with E-state index in [1.165, 1.54) is 71.3 Å². The lowest BCUT2D eigenvalue weighted by molar-refractivity contribution is 0.768. The molecule has 0 unspecified atom stereocenters. The molecule has 0 spiro atoms. The Bertz CT molecular complexity index is 3590. The topological polar surface area (TPSA) is 30.7 Å². The van der Waals surface area contributed by atoms with Crippen LogP contribution in [0.1, 0.15) is 22.3 Å². The number of hydrogen-bond acceptors (Lipinski definition) is 2. The zero-order chi connectivity index (χ0) is 40.8. The SMILES string of the molecule is c1ccc(C2(c3ccc(-c4ccc(-c5nc(-n6c7ccc8ccccc8c7c7c8ccccc8ccc76)nc6ccccc56)cc4)cc3)c3ccccc3-c3ccccc32)cc1. The van der Waals surface area contributed by atoms with Crippen molar-refractivity contribution in [2.24, 2.45) is 0 Å². The first-order chi connectivity index (χ1) is 30.8. The molecular formula is C59H37N3. The molecule has 1 aliphatic rings. The lowest BCUT2D eigenvalue weighted by Gasteiger charge is -2.34.